The van der Waals surface area contributed by atoms with Crippen LogP contribution in [0.5, 0.6) is 0 Å². The van der Waals surface area contributed by atoms with E-state index in [1.807, 2.05) is 48.5 Å². The lowest BCUT2D eigenvalue weighted by Gasteiger charge is -2.32. The first kappa shape index (κ1) is 25.6. The van der Waals surface area contributed by atoms with Gasteiger partial charge in [-0.15, -0.1) is 0 Å². The summed E-state index contributed by atoms with van der Waals surface area (Å²) in [6, 6.07) is 4.60. The number of hydrogen-bond donors (Lipinski definition) is 0. The summed E-state index contributed by atoms with van der Waals surface area (Å²) in [6.45, 7) is 14.8. The van der Waals surface area contributed by atoms with E-state index in [1.54, 1.807) is 18.1 Å². The van der Waals surface area contributed by atoms with Crippen molar-refractivity contribution in [3.05, 3.63) is 29.6 Å². The van der Waals surface area contributed by atoms with Crippen LogP contribution in [0.15, 0.2) is 18.2 Å². The Morgan fingerprint density at radius 3 is 2.29 bits per heavy atom. The van der Waals surface area contributed by atoms with E-state index in [2.05, 4.69) is 0 Å². The quantitative estimate of drug-likeness (QED) is 0.456. The zero-order valence-electron chi connectivity index (χ0n) is 20.2. The second-order valence-corrected chi connectivity index (χ2v) is 10.00. The highest BCUT2D eigenvalue weighted by atomic mass is 19.1. The Balaban J connectivity index is 2.19. The minimum Gasteiger partial charge on any atom is -0.444 e. The Kier molecular flexibility index (Phi) is 8.17. The summed E-state index contributed by atoms with van der Waals surface area (Å²) in [5.41, 5.74) is -0.0543. The van der Waals surface area contributed by atoms with Gasteiger partial charge in [0.1, 0.15) is 11.4 Å². The van der Waals surface area contributed by atoms with Crippen LogP contribution in [-0.4, -0.2) is 61.7 Å². The van der Waals surface area contributed by atoms with Crippen molar-refractivity contribution in [2.24, 2.45) is 0 Å². The Labute approximate surface area is 186 Å². The van der Waals surface area contributed by atoms with Gasteiger partial charge in [0.2, 0.25) is 0 Å². The Morgan fingerprint density at radius 1 is 1.13 bits per heavy atom. The topological polar surface area (TPSA) is 57.2 Å². The van der Waals surface area contributed by atoms with Crippen LogP contribution >= 0.6 is 0 Å². The Hall–Kier alpha value is -1.64. The zero-order valence-corrected chi connectivity index (χ0v) is 20.2. The van der Waals surface area contributed by atoms with E-state index in [-0.39, 0.29) is 5.82 Å². The van der Waals surface area contributed by atoms with E-state index in [0.29, 0.717) is 32.5 Å². The molecule has 6 nitrogen and oxygen atoms in total. The number of rotatable bonds is 8. The monoisotopic (exact) mass is 437 g/mol. The zero-order chi connectivity index (χ0) is 23.4. The highest BCUT2D eigenvalue weighted by Crippen LogP contribution is 2.36. The molecule has 1 aromatic rings. The van der Waals surface area contributed by atoms with Crippen molar-refractivity contribution in [1.82, 2.24) is 4.90 Å². The van der Waals surface area contributed by atoms with Gasteiger partial charge in [-0.05, 0) is 84.5 Å². The molecule has 1 saturated heterocycles. The van der Waals surface area contributed by atoms with Gasteiger partial charge in [-0.2, -0.15) is 0 Å². The number of ether oxygens (including phenoxy) is 2. The Bertz CT molecular complexity index is 747. The molecule has 8 heteroatoms. The van der Waals surface area contributed by atoms with Crippen molar-refractivity contribution < 1.29 is 28.0 Å². The SMILES string of the molecule is COCCCN(CCc1cc(F)ccc1B1OC(C)(C)C(C)(C)O1)C(=O)OC(C)(C)C. The molecule has 174 valence electrons. The molecule has 0 N–H and O–H groups in total. The standard InChI is InChI=1S/C23H37BFNO5/c1-21(2,3)29-20(27)26(13-9-15-28-8)14-12-17-16-18(25)10-11-19(17)24-30-22(4,5)23(6,7)31-24/h10-11,16H,9,12-15H2,1-8H3. The number of nitrogens with zero attached hydrogens (tertiary/aromatic N) is 1. The first-order chi connectivity index (χ1) is 14.3. The van der Waals surface area contributed by atoms with Gasteiger partial charge in [0, 0.05) is 26.8 Å². The van der Waals surface area contributed by atoms with Crippen LogP contribution < -0.4 is 5.46 Å². The van der Waals surface area contributed by atoms with Gasteiger partial charge >= 0.3 is 13.2 Å². The number of amides is 1. The fourth-order valence-electron chi connectivity index (χ4n) is 3.27. The molecule has 0 radical (unpaired) electrons. The summed E-state index contributed by atoms with van der Waals surface area (Å²) < 4.78 is 37.1. The molecule has 0 unspecified atom stereocenters. The van der Waals surface area contributed by atoms with Gasteiger partial charge in [-0.25, -0.2) is 9.18 Å². The maximum atomic E-state index is 14.1. The number of hydrogen-bond acceptors (Lipinski definition) is 5. The summed E-state index contributed by atoms with van der Waals surface area (Å²) in [5, 5.41) is 0. The van der Waals surface area contributed by atoms with Crippen molar-refractivity contribution in [2.75, 3.05) is 26.8 Å². The molecule has 1 heterocycles. The summed E-state index contributed by atoms with van der Waals surface area (Å²) >= 11 is 0. The summed E-state index contributed by atoms with van der Waals surface area (Å²) in [6.07, 6.45) is 0.740. The van der Waals surface area contributed by atoms with Crippen molar-refractivity contribution in [3.8, 4) is 0 Å². The second-order valence-electron chi connectivity index (χ2n) is 10.00. The van der Waals surface area contributed by atoms with Gasteiger partial charge in [0.15, 0.2) is 0 Å². The van der Waals surface area contributed by atoms with Crippen LogP contribution in [-0.2, 0) is 25.2 Å². The first-order valence-electron chi connectivity index (χ1n) is 10.9. The minimum absolute atomic E-state index is 0.335. The van der Waals surface area contributed by atoms with E-state index >= 15 is 0 Å². The molecule has 0 spiro atoms. The number of benzene rings is 1. The van der Waals surface area contributed by atoms with Crippen molar-refractivity contribution in [2.45, 2.75) is 78.1 Å². The minimum atomic E-state index is -0.594. The average Bonchev–Trinajstić information content (AvgIpc) is 2.83. The number of carbonyl (C=O) groups excluding carboxylic acids is 1. The molecular weight excluding hydrogens is 400 g/mol. The van der Waals surface area contributed by atoms with Gasteiger partial charge in [0.05, 0.1) is 11.2 Å². The van der Waals surface area contributed by atoms with Crippen molar-refractivity contribution >= 4 is 18.7 Å². The second kappa shape index (κ2) is 9.88. The van der Waals surface area contributed by atoms with E-state index in [9.17, 15) is 9.18 Å². The largest absolute Gasteiger partial charge is 0.495 e. The van der Waals surface area contributed by atoms with Gasteiger partial charge in [-0.3, -0.25) is 0 Å². The summed E-state index contributed by atoms with van der Waals surface area (Å²) in [4.78, 5) is 14.3. The molecule has 31 heavy (non-hydrogen) atoms. The molecule has 1 aromatic carbocycles. The fourth-order valence-corrected chi connectivity index (χ4v) is 3.27. The third-order valence-electron chi connectivity index (χ3n) is 5.69. The predicted molar refractivity (Wildman–Crippen MR) is 120 cm³/mol. The van der Waals surface area contributed by atoms with E-state index in [1.165, 1.54) is 12.1 Å². The van der Waals surface area contributed by atoms with Crippen LogP contribution in [0.25, 0.3) is 0 Å². The highest BCUT2D eigenvalue weighted by molar-refractivity contribution is 6.62. The molecular formula is C23H37BFNO5. The highest BCUT2D eigenvalue weighted by Gasteiger charge is 2.52. The summed E-state index contributed by atoms with van der Waals surface area (Å²) in [5.74, 6) is -0.335. The van der Waals surface area contributed by atoms with Crippen LogP contribution in [0, 0.1) is 5.82 Å². The maximum Gasteiger partial charge on any atom is 0.495 e. The first-order valence-corrected chi connectivity index (χ1v) is 10.9. The lowest BCUT2D eigenvalue weighted by molar-refractivity contribution is 0.00578. The lowest BCUT2D eigenvalue weighted by Crippen LogP contribution is -2.41. The molecule has 1 aliphatic rings. The number of halogens is 1. The fraction of sp³-hybridized carbons (Fsp3) is 0.696. The molecule has 1 aliphatic heterocycles. The Morgan fingerprint density at radius 2 is 1.74 bits per heavy atom. The van der Waals surface area contributed by atoms with Gasteiger partial charge in [0.25, 0.3) is 0 Å². The smallest absolute Gasteiger partial charge is 0.444 e. The molecule has 1 amide bonds. The number of carbonyl (C=O) groups is 1. The molecule has 0 aromatic heterocycles. The van der Waals surface area contributed by atoms with Crippen LogP contribution in [0.4, 0.5) is 9.18 Å². The van der Waals surface area contributed by atoms with Crippen LogP contribution in [0.2, 0.25) is 0 Å². The lowest BCUT2D eigenvalue weighted by atomic mass is 9.75. The molecule has 0 atom stereocenters. The van der Waals surface area contributed by atoms with Crippen LogP contribution in [0.1, 0.15) is 60.5 Å². The number of methoxy groups -OCH3 is 1. The average molecular weight is 437 g/mol. The third-order valence-corrected chi connectivity index (χ3v) is 5.69. The van der Waals surface area contributed by atoms with Gasteiger partial charge in [-0.1, -0.05) is 6.07 Å². The molecule has 0 saturated carbocycles. The van der Waals surface area contributed by atoms with E-state index in [0.717, 1.165) is 11.0 Å². The van der Waals surface area contributed by atoms with E-state index in [4.69, 9.17) is 18.8 Å². The predicted octanol–water partition coefficient (Wildman–Crippen LogP) is 3.94. The summed E-state index contributed by atoms with van der Waals surface area (Å²) in [7, 11) is 1.03. The molecule has 1 fully saturated rings. The van der Waals surface area contributed by atoms with Crippen LogP contribution in [0.3, 0.4) is 0 Å². The molecule has 0 aliphatic carbocycles. The maximum absolute atomic E-state index is 14.1. The van der Waals surface area contributed by atoms with Crippen molar-refractivity contribution in [1.29, 1.82) is 0 Å². The molecule has 2 rings (SSSR count). The van der Waals surface area contributed by atoms with Gasteiger partial charge < -0.3 is 23.7 Å². The normalized spacial score (nSPS) is 17.6. The van der Waals surface area contributed by atoms with E-state index < -0.39 is 30.0 Å². The van der Waals surface area contributed by atoms with Crippen molar-refractivity contribution in [3.63, 3.8) is 0 Å². The third kappa shape index (κ3) is 6.92. The molecule has 0 bridgehead atoms.